The van der Waals surface area contributed by atoms with E-state index in [9.17, 15) is 0 Å². The van der Waals surface area contributed by atoms with Crippen LogP contribution in [0.15, 0.2) is 29.3 Å². The summed E-state index contributed by atoms with van der Waals surface area (Å²) in [7, 11) is 0. The molecule has 3 rings (SSSR count). The molecule has 0 spiro atoms. The summed E-state index contributed by atoms with van der Waals surface area (Å²) in [6.07, 6.45) is 2.86. The number of hydrogen-bond acceptors (Lipinski definition) is 3. The second-order valence-electron chi connectivity index (χ2n) is 6.81. The monoisotopic (exact) mass is 330 g/mol. The van der Waals surface area contributed by atoms with Crippen LogP contribution in [0.5, 0.6) is 0 Å². The van der Waals surface area contributed by atoms with Gasteiger partial charge in [-0.25, -0.2) is 4.99 Å². The van der Waals surface area contributed by atoms with Gasteiger partial charge in [-0.2, -0.15) is 0 Å². The Morgan fingerprint density at radius 2 is 2.12 bits per heavy atom. The third-order valence-corrected chi connectivity index (χ3v) is 4.84. The summed E-state index contributed by atoms with van der Waals surface area (Å²) >= 11 is 0. The van der Waals surface area contributed by atoms with Crippen LogP contribution in [0, 0.1) is 6.92 Å². The minimum atomic E-state index is 0.252. The van der Waals surface area contributed by atoms with E-state index in [-0.39, 0.29) is 6.10 Å². The number of morpholine rings is 1. The fraction of sp³-hybridized carbons (Fsp3) is 0.632. The van der Waals surface area contributed by atoms with Crippen molar-refractivity contribution in [2.45, 2.75) is 45.4 Å². The first-order valence-corrected chi connectivity index (χ1v) is 9.18. The molecule has 0 amide bonds. The number of nitrogens with one attached hydrogen (secondary N) is 2. The van der Waals surface area contributed by atoms with Crippen molar-refractivity contribution in [2.75, 3.05) is 32.8 Å². The van der Waals surface area contributed by atoms with Crippen molar-refractivity contribution in [3.63, 3.8) is 0 Å². The molecule has 2 aliphatic heterocycles. The van der Waals surface area contributed by atoms with E-state index < -0.39 is 0 Å². The molecule has 132 valence electrons. The zero-order chi connectivity index (χ0) is 16.8. The van der Waals surface area contributed by atoms with Crippen molar-refractivity contribution >= 4 is 5.96 Å². The highest BCUT2D eigenvalue weighted by atomic mass is 16.5. The van der Waals surface area contributed by atoms with Crippen LogP contribution in [-0.4, -0.2) is 55.8 Å². The summed E-state index contributed by atoms with van der Waals surface area (Å²) in [4.78, 5) is 7.27. The molecule has 1 aromatic carbocycles. The molecule has 0 saturated carbocycles. The van der Waals surface area contributed by atoms with E-state index in [4.69, 9.17) is 4.74 Å². The second-order valence-corrected chi connectivity index (χ2v) is 6.81. The Morgan fingerprint density at radius 3 is 2.92 bits per heavy atom. The van der Waals surface area contributed by atoms with Gasteiger partial charge in [0.25, 0.3) is 0 Å². The van der Waals surface area contributed by atoms with Gasteiger partial charge >= 0.3 is 0 Å². The Labute approximate surface area is 145 Å². The Morgan fingerprint density at radius 1 is 1.29 bits per heavy atom. The normalized spacial score (nSPS) is 24.7. The number of aliphatic imine (C=N–C) groups is 1. The average Bonchev–Trinajstić information content (AvgIpc) is 3.06. The number of rotatable bonds is 5. The Balaban J connectivity index is 1.49. The minimum absolute atomic E-state index is 0.252. The van der Waals surface area contributed by atoms with Gasteiger partial charge in [0.05, 0.1) is 19.3 Å². The van der Waals surface area contributed by atoms with E-state index in [0.29, 0.717) is 12.6 Å². The van der Waals surface area contributed by atoms with Gasteiger partial charge < -0.3 is 15.4 Å². The van der Waals surface area contributed by atoms with Crippen LogP contribution < -0.4 is 10.6 Å². The van der Waals surface area contributed by atoms with E-state index >= 15 is 0 Å². The van der Waals surface area contributed by atoms with E-state index in [2.05, 4.69) is 58.6 Å². The molecule has 2 saturated heterocycles. The topological polar surface area (TPSA) is 48.9 Å². The smallest absolute Gasteiger partial charge is 0.191 e. The van der Waals surface area contributed by atoms with Gasteiger partial charge in [0.2, 0.25) is 0 Å². The fourth-order valence-corrected chi connectivity index (χ4v) is 3.43. The van der Waals surface area contributed by atoms with Crippen LogP contribution in [-0.2, 0) is 11.3 Å². The van der Waals surface area contributed by atoms with Gasteiger partial charge in [-0.05, 0) is 38.8 Å². The van der Waals surface area contributed by atoms with Gasteiger partial charge in [0.15, 0.2) is 5.96 Å². The fourth-order valence-electron chi connectivity index (χ4n) is 3.43. The Kier molecular flexibility index (Phi) is 6.10. The molecule has 0 aliphatic carbocycles. The zero-order valence-electron chi connectivity index (χ0n) is 14.9. The second kappa shape index (κ2) is 8.49. The van der Waals surface area contributed by atoms with Crippen LogP contribution >= 0.6 is 0 Å². The lowest BCUT2D eigenvalue weighted by Crippen LogP contribution is -2.51. The molecule has 2 N–H and O–H groups in total. The van der Waals surface area contributed by atoms with Crippen LogP contribution in [0.25, 0.3) is 0 Å². The lowest BCUT2D eigenvalue weighted by molar-refractivity contribution is -0.0453. The molecule has 5 nitrogen and oxygen atoms in total. The quantitative estimate of drug-likeness (QED) is 0.640. The number of fused-ring (bicyclic) bond motifs is 1. The Hall–Kier alpha value is -1.59. The highest BCUT2D eigenvalue weighted by Crippen LogP contribution is 2.22. The molecule has 5 heteroatoms. The van der Waals surface area contributed by atoms with Gasteiger partial charge in [-0.1, -0.05) is 29.8 Å². The number of benzene rings is 1. The number of aryl methyl sites for hydroxylation is 1. The third-order valence-electron chi connectivity index (χ3n) is 4.84. The van der Waals surface area contributed by atoms with E-state index in [0.717, 1.165) is 32.2 Å². The summed E-state index contributed by atoms with van der Waals surface area (Å²) in [5.41, 5.74) is 2.51. The van der Waals surface area contributed by atoms with Gasteiger partial charge in [0, 0.05) is 25.7 Å². The number of nitrogens with zero attached hydrogens (tertiary/aromatic N) is 2. The first kappa shape index (κ1) is 17.2. The molecular formula is C19H30N4O. The average molecular weight is 330 g/mol. The highest BCUT2D eigenvalue weighted by Gasteiger charge is 2.32. The first-order valence-electron chi connectivity index (χ1n) is 9.18. The molecule has 2 heterocycles. The highest BCUT2D eigenvalue weighted by molar-refractivity contribution is 5.79. The number of guanidine groups is 1. The summed E-state index contributed by atoms with van der Waals surface area (Å²) in [5.74, 6) is 0.866. The van der Waals surface area contributed by atoms with Crippen molar-refractivity contribution in [3.05, 3.63) is 35.4 Å². The lowest BCUT2D eigenvalue weighted by atomic mass is 10.1. The van der Waals surface area contributed by atoms with Crippen molar-refractivity contribution in [3.8, 4) is 0 Å². The van der Waals surface area contributed by atoms with Crippen molar-refractivity contribution in [2.24, 2.45) is 4.99 Å². The van der Waals surface area contributed by atoms with Crippen LogP contribution in [0.1, 0.15) is 30.9 Å². The molecule has 2 atom stereocenters. The lowest BCUT2D eigenvalue weighted by Gasteiger charge is -2.35. The first-order chi connectivity index (χ1) is 11.7. The van der Waals surface area contributed by atoms with Crippen LogP contribution in [0.2, 0.25) is 0 Å². The molecule has 2 aliphatic rings. The molecule has 0 radical (unpaired) electrons. The van der Waals surface area contributed by atoms with Crippen molar-refractivity contribution < 1.29 is 4.74 Å². The van der Waals surface area contributed by atoms with E-state index in [1.807, 2.05) is 0 Å². The van der Waals surface area contributed by atoms with Crippen LogP contribution in [0.3, 0.4) is 0 Å². The maximum absolute atomic E-state index is 6.01. The van der Waals surface area contributed by atoms with Gasteiger partial charge in [-0.15, -0.1) is 0 Å². The van der Waals surface area contributed by atoms with E-state index in [1.54, 1.807) is 0 Å². The third kappa shape index (κ3) is 4.71. The summed E-state index contributed by atoms with van der Waals surface area (Å²) < 4.78 is 6.01. The summed E-state index contributed by atoms with van der Waals surface area (Å²) in [6, 6.07) is 9.20. The maximum Gasteiger partial charge on any atom is 0.191 e. The Bertz CT molecular complexity index is 543. The largest absolute Gasteiger partial charge is 0.373 e. The molecule has 1 aromatic rings. The molecule has 2 fully saturated rings. The SMILES string of the molecule is CCNC(=NCc1ccc(C)cc1)NCC1CN2CCCC2CO1. The van der Waals surface area contributed by atoms with Gasteiger partial charge in [-0.3, -0.25) is 4.90 Å². The predicted molar refractivity (Wildman–Crippen MR) is 98.3 cm³/mol. The molecular weight excluding hydrogens is 300 g/mol. The molecule has 0 aromatic heterocycles. The number of hydrogen-bond donors (Lipinski definition) is 2. The van der Waals surface area contributed by atoms with Crippen LogP contribution in [0.4, 0.5) is 0 Å². The van der Waals surface area contributed by atoms with Crippen molar-refractivity contribution in [1.29, 1.82) is 0 Å². The summed E-state index contributed by atoms with van der Waals surface area (Å²) in [5, 5.41) is 6.76. The van der Waals surface area contributed by atoms with E-state index in [1.165, 1.54) is 30.5 Å². The number of ether oxygens (including phenoxy) is 1. The van der Waals surface area contributed by atoms with Crippen molar-refractivity contribution in [1.82, 2.24) is 15.5 Å². The molecule has 24 heavy (non-hydrogen) atoms. The maximum atomic E-state index is 6.01. The van der Waals surface area contributed by atoms with Gasteiger partial charge in [0.1, 0.15) is 0 Å². The zero-order valence-corrected chi connectivity index (χ0v) is 14.9. The standard InChI is InChI=1S/C19H30N4O/c1-3-20-19(21-11-16-8-6-15(2)7-9-16)22-12-18-13-23-10-4-5-17(23)14-24-18/h6-9,17-18H,3-5,10-14H2,1-2H3,(H2,20,21,22). The predicted octanol–water partition coefficient (Wildman–Crippen LogP) is 1.91. The summed E-state index contributed by atoms with van der Waals surface area (Å²) in [6.45, 7) is 9.70. The molecule has 0 bridgehead atoms. The minimum Gasteiger partial charge on any atom is -0.373 e. The molecule has 2 unspecified atom stereocenters.